The smallest absolute Gasteiger partial charge is 0.160 e. The highest BCUT2D eigenvalue weighted by molar-refractivity contribution is 6.08. The molecule has 12 aromatic carbocycles. The molecule has 1 heterocycles. The minimum atomic E-state index is -0.989. The van der Waals surface area contributed by atoms with Gasteiger partial charge in [0.15, 0.2) is 23.3 Å². The zero-order valence-electron chi connectivity index (χ0n) is 49.5. The van der Waals surface area contributed by atoms with Crippen LogP contribution in [0.1, 0.15) is 77.9 Å². The van der Waals surface area contributed by atoms with Gasteiger partial charge >= 0.3 is 0 Å². The molecule has 0 bridgehead atoms. The van der Waals surface area contributed by atoms with E-state index in [1.165, 1.54) is 12.1 Å². The van der Waals surface area contributed by atoms with Gasteiger partial charge in [-0.3, -0.25) is 0 Å². The fraction of sp³-hybridized carbons (Fsp3) is 0.0732. The van der Waals surface area contributed by atoms with Gasteiger partial charge in [-0.25, -0.2) is 17.6 Å². The molecule has 89 heavy (non-hydrogen) atoms. The number of halogens is 4. The Morgan fingerprint density at radius 2 is 0.685 bits per heavy atom. The summed E-state index contributed by atoms with van der Waals surface area (Å²) < 4.78 is 68.7. The third-order valence-corrected chi connectivity index (χ3v) is 18.6. The van der Waals surface area contributed by atoms with Crippen LogP contribution in [0.2, 0.25) is 0 Å². The van der Waals surface area contributed by atoms with Gasteiger partial charge in [-0.05, 0) is 202 Å². The molecule has 2 aliphatic carbocycles. The van der Waals surface area contributed by atoms with Crippen LogP contribution in [-0.4, -0.2) is 0 Å². The van der Waals surface area contributed by atoms with E-state index >= 15 is 17.6 Å². The lowest BCUT2D eigenvalue weighted by atomic mass is 9.66. The Balaban J connectivity index is 0.934. The van der Waals surface area contributed by atoms with Crippen LogP contribution >= 0.6 is 0 Å². The van der Waals surface area contributed by atoms with Crippen LogP contribution in [0.15, 0.2) is 260 Å². The second-order valence-electron chi connectivity index (χ2n) is 23.7. The van der Waals surface area contributed by atoms with Crippen molar-refractivity contribution in [2.24, 2.45) is 0 Å². The lowest BCUT2D eigenvalue weighted by Gasteiger charge is -2.36. The summed E-state index contributed by atoms with van der Waals surface area (Å²) in [4.78, 5) is 3.93. The molecule has 0 radical (unpaired) electrons. The SMILES string of the molecule is C=Cc1ccc(C2(c3cc(C)ccc3C)c3ccccc3-c3ccc(N(c4ccc(F)c(F)c4)c4ccc5oc6ccc(N(c7ccc(F)c(F)c7)c7ccc8c(c7)C(c7ccc(C=C)cc7)(c7cc(C)ccc7C)c7ccccc7-8)cc6c5c4)cc32)cc1. The normalized spacial score (nSPS) is 15.4. The molecule has 0 amide bonds. The van der Waals surface area contributed by atoms with Crippen molar-refractivity contribution in [3.63, 3.8) is 0 Å². The highest BCUT2D eigenvalue weighted by Crippen LogP contribution is 2.60. The highest BCUT2D eigenvalue weighted by Gasteiger charge is 2.49. The van der Waals surface area contributed by atoms with Crippen LogP contribution < -0.4 is 9.80 Å². The largest absolute Gasteiger partial charge is 0.456 e. The Bertz CT molecular complexity index is 4760. The topological polar surface area (TPSA) is 19.6 Å². The van der Waals surface area contributed by atoms with Crippen molar-refractivity contribution in [3.8, 4) is 22.3 Å². The van der Waals surface area contributed by atoms with Gasteiger partial charge in [0.25, 0.3) is 0 Å². The Morgan fingerprint density at radius 1 is 0.326 bits per heavy atom. The molecule has 15 rings (SSSR count). The summed E-state index contributed by atoms with van der Waals surface area (Å²) in [5.41, 5.74) is 22.7. The molecule has 0 saturated heterocycles. The first kappa shape index (κ1) is 54.9. The first-order valence-corrected chi connectivity index (χ1v) is 29.9. The molecule has 430 valence electrons. The van der Waals surface area contributed by atoms with Gasteiger partial charge in [-0.2, -0.15) is 0 Å². The van der Waals surface area contributed by atoms with E-state index in [9.17, 15) is 0 Å². The summed E-state index contributed by atoms with van der Waals surface area (Å²) in [5, 5.41) is 1.47. The molecule has 0 aliphatic heterocycles. The molecule has 0 spiro atoms. The van der Waals surface area contributed by atoms with E-state index in [-0.39, 0.29) is 0 Å². The maximum Gasteiger partial charge on any atom is 0.160 e. The second kappa shape index (κ2) is 21.0. The number of nitrogens with zero attached hydrogens (tertiary/aromatic N) is 2. The summed E-state index contributed by atoms with van der Waals surface area (Å²) in [7, 11) is 0. The van der Waals surface area contributed by atoms with Crippen LogP contribution in [0.5, 0.6) is 0 Å². The van der Waals surface area contributed by atoms with Gasteiger partial charge < -0.3 is 14.2 Å². The summed E-state index contributed by atoms with van der Waals surface area (Å²) in [6.45, 7) is 16.7. The summed E-state index contributed by atoms with van der Waals surface area (Å²) in [5.74, 6) is -3.90. The zero-order chi connectivity index (χ0) is 61.0. The van der Waals surface area contributed by atoms with Crippen molar-refractivity contribution in [2.45, 2.75) is 38.5 Å². The van der Waals surface area contributed by atoms with E-state index in [2.05, 4.69) is 199 Å². The molecular weight excluding hydrogens is 1100 g/mol. The third-order valence-electron chi connectivity index (χ3n) is 18.6. The molecular formula is C82H58F4N2O. The standard InChI is InChI=1S/C82H58F4N2O/c1-7-53-21-25-55(26-22-53)81(71-41-49(3)17-19-51(71)5)69-15-11-9-13-63(69)65-35-29-59(45-73(65)81)87(61-31-37-75(83)77(85)47-61)57-33-39-79-67(43-57)68-44-58(34-40-80(68)89-79)88(62-32-38-76(84)78(86)48-62)60-30-36-66-64-14-10-12-16-70(64)82(74(66)46-60,56-27-23-54(8-2)24-28-56)72-42-50(4)18-20-52(72)6/h7-48H,1-2H2,3-6H3. The predicted molar refractivity (Wildman–Crippen MR) is 357 cm³/mol. The number of rotatable bonds is 12. The zero-order valence-corrected chi connectivity index (χ0v) is 49.5. The van der Waals surface area contributed by atoms with Crippen LogP contribution in [0.4, 0.5) is 51.7 Å². The van der Waals surface area contributed by atoms with Gasteiger partial charge in [0.1, 0.15) is 11.2 Å². The Morgan fingerprint density at radius 3 is 1.09 bits per heavy atom. The number of hydrogen-bond acceptors (Lipinski definition) is 3. The van der Waals surface area contributed by atoms with E-state index in [0.717, 1.165) is 123 Å². The number of aryl methyl sites for hydroxylation is 4. The number of fused-ring (bicyclic) bond motifs is 9. The average Bonchev–Trinajstić information content (AvgIpc) is 1.57. The molecule has 7 heteroatoms. The van der Waals surface area contributed by atoms with Crippen LogP contribution in [0.25, 0.3) is 56.3 Å². The van der Waals surface area contributed by atoms with Crippen LogP contribution in [0, 0.1) is 51.0 Å². The molecule has 2 atom stereocenters. The molecule has 0 saturated carbocycles. The van der Waals surface area contributed by atoms with E-state index < -0.39 is 34.1 Å². The minimum absolute atomic E-state index is 0.400. The van der Waals surface area contributed by atoms with E-state index in [4.69, 9.17) is 4.42 Å². The summed E-state index contributed by atoms with van der Waals surface area (Å²) >= 11 is 0. The number of benzene rings is 12. The van der Waals surface area contributed by atoms with E-state index in [0.29, 0.717) is 45.3 Å². The average molecular weight is 1160 g/mol. The predicted octanol–water partition coefficient (Wildman–Crippen LogP) is 22.3. The fourth-order valence-corrected chi connectivity index (χ4v) is 14.5. The molecule has 2 aliphatic rings. The molecule has 3 nitrogen and oxygen atoms in total. The van der Waals surface area contributed by atoms with Crippen molar-refractivity contribution in [1.82, 2.24) is 0 Å². The number of anilines is 6. The molecule has 0 N–H and O–H groups in total. The summed E-state index contributed by atoms with van der Waals surface area (Å²) in [6, 6.07) is 80.1. The Kier molecular flexibility index (Phi) is 12.9. The van der Waals surface area contributed by atoms with Crippen LogP contribution in [-0.2, 0) is 10.8 Å². The molecule has 1 aromatic heterocycles. The Labute approximate surface area is 515 Å². The van der Waals surface area contributed by atoms with Gasteiger partial charge in [-0.1, -0.05) is 182 Å². The van der Waals surface area contributed by atoms with Gasteiger partial charge in [0.05, 0.1) is 10.8 Å². The Hall–Kier alpha value is -10.8. The van der Waals surface area contributed by atoms with Crippen molar-refractivity contribution in [2.75, 3.05) is 9.80 Å². The second-order valence-corrected chi connectivity index (χ2v) is 23.7. The number of hydrogen-bond donors (Lipinski definition) is 0. The molecule has 2 unspecified atom stereocenters. The van der Waals surface area contributed by atoms with Crippen molar-refractivity contribution >= 4 is 68.2 Å². The lowest BCUT2D eigenvalue weighted by molar-refractivity contribution is 0.509. The molecule has 0 fully saturated rings. The maximum absolute atomic E-state index is 15.9. The quantitative estimate of drug-likeness (QED) is 0.114. The molecule has 13 aromatic rings. The van der Waals surface area contributed by atoms with Crippen LogP contribution in [0.3, 0.4) is 0 Å². The van der Waals surface area contributed by atoms with Gasteiger partial charge in [0, 0.05) is 57.0 Å². The van der Waals surface area contributed by atoms with Crippen molar-refractivity contribution in [3.05, 3.63) is 357 Å². The minimum Gasteiger partial charge on any atom is -0.456 e. The van der Waals surface area contributed by atoms with Gasteiger partial charge in [0.2, 0.25) is 0 Å². The monoisotopic (exact) mass is 1160 g/mol. The van der Waals surface area contributed by atoms with E-state index in [1.807, 2.05) is 70.5 Å². The first-order valence-electron chi connectivity index (χ1n) is 29.9. The lowest BCUT2D eigenvalue weighted by Crippen LogP contribution is -2.30. The van der Waals surface area contributed by atoms with Gasteiger partial charge in [-0.15, -0.1) is 0 Å². The first-order chi connectivity index (χ1) is 43.3. The van der Waals surface area contributed by atoms with Crippen molar-refractivity contribution < 1.29 is 22.0 Å². The number of furan rings is 1. The summed E-state index contributed by atoms with van der Waals surface area (Å²) in [6.07, 6.45) is 3.70. The van der Waals surface area contributed by atoms with Crippen molar-refractivity contribution in [1.29, 1.82) is 0 Å². The maximum atomic E-state index is 15.9. The third kappa shape index (κ3) is 8.47. The fourth-order valence-electron chi connectivity index (χ4n) is 14.5. The van der Waals surface area contributed by atoms with E-state index in [1.54, 1.807) is 12.1 Å². The highest BCUT2D eigenvalue weighted by atomic mass is 19.2.